The number of hydrogen-bond acceptors (Lipinski definition) is 3. The van der Waals surface area contributed by atoms with Gasteiger partial charge in [-0.25, -0.2) is 5.43 Å². The minimum Gasteiger partial charge on any atom is -0.311 e. The van der Waals surface area contributed by atoms with Crippen LogP contribution in [0.4, 0.5) is 17.1 Å². The molecule has 0 aliphatic rings. The molecule has 4 aromatic rings. The normalized spacial score (nSPS) is 10.9. The summed E-state index contributed by atoms with van der Waals surface area (Å²) in [4.78, 5) is 14.4. The largest absolute Gasteiger partial charge is 0.311 e. The molecular weight excluding hydrogens is 430 g/mol. The van der Waals surface area contributed by atoms with Crippen molar-refractivity contribution in [3.63, 3.8) is 0 Å². The summed E-state index contributed by atoms with van der Waals surface area (Å²) in [6.07, 6.45) is 1.62. The van der Waals surface area contributed by atoms with E-state index in [-0.39, 0.29) is 5.91 Å². The van der Waals surface area contributed by atoms with Crippen LogP contribution in [0.25, 0.3) is 0 Å². The molecule has 164 valence electrons. The van der Waals surface area contributed by atoms with E-state index in [0.29, 0.717) is 10.6 Å². The van der Waals surface area contributed by atoms with Crippen molar-refractivity contribution in [1.82, 2.24) is 5.43 Å². The zero-order valence-corrected chi connectivity index (χ0v) is 19.3. The predicted octanol–water partition coefficient (Wildman–Crippen LogP) is 7.19. The molecule has 4 rings (SSSR count). The fourth-order valence-electron chi connectivity index (χ4n) is 3.38. The summed E-state index contributed by atoms with van der Waals surface area (Å²) >= 11 is 5.86. The summed E-state index contributed by atoms with van der Waals surface area (Å²) < 4.78 is 0. The molecule has 4 nitrogen and oxygen atoms in total. The number of carbonyl (C=O) groups excluding carboxylic acids is 1. The Kier molecular flexibility index (Phi) is 6.86. The van der Waals surface area contributed by atoms with Crippen molar-refractivity contribution < 1.29 is 4.79 Å². The van der Waals surface area contributed by atoms with Crippen molar-refractivity contribution in [2.45, 2.75) is 13.8 Å². The molecule has 0 aromatic heterocycles. The number of nitrogens with zero attached hydrogens (tertiary/aromatic N) is 2. The first-order valence-electron chi connectivity index (χ1n) is 10.6. The van der Waals surface area contributed by atoms with Gasteiger partial charge < -0.3 is 4.90 Å². The molecule has 5 heteroatoms. The van der Waals surface area contributed by atoms with E-state index in [1.165, 1.54) is 11.1 Å². The number of hydrogen-bond donors (Lipinski definition) is 1. The molecule has 0 aliphatic carbocycles. The molecule has 0 bridgehead atoms. The van der Waals surface area contributed by atoms with Gasteiger partial charge in [-0.1, -0.05) is 59.1 Å². The SMILES string of the molecule is Cc1ccc(N(c2ccc(C)cc2)c2ccc(/C=N/NC(=O)c3ccc(Cl)cc3)cc2)cc1. The molecule has 0 fully saturated rings. The van der Waals surface area contributed by atoms with E-state index in [2.05, 4.69) is 77.8 Å². The fraction of sp³-hybridized carbons (Fsp3) is 0.0714. The van der Waals surface area contributed by atoms with Crippen LogP contribution in [0.1, 0.15) is 27.0 Å². The fourth-order valence-corrected chi connectivity index (χ4v) is 3.50. The molecule has 4 aromatic carbocycles. The van der Waals surface area contributed by atoms with Gasteiger partial charge in [0.1, 0.15) is 0 Å². The predicted molar refractivity (Wildman–Crippen MR) is 137 cm³/mol. The highest BCUT2D eigenvalue weighted by Gasteiger charge is 2.12. The third-order valence-corrected chi connectivity index (χ3v) is 5.47. The zero-order valence-electron chi connectivity index (χ0n) is 18.5. The Morgan fingerprint density at radius 1 is 0.727 bits per heavy atom. The maximum Gasteiger partial charge on any atom is 0.271 e. The smallest absolute Gasteiger partial charge is 0.271 e. The van der Waals surface area contributed by atoms with Crippen LogP contribution in [0, 0.1) is 13.8 Å². The topological polar surface area (TPSA) is 44.7 Å². The van der Waals surface area contributed by atoms with Gasteiger partial charge in [0.2, 0.25) is 0 Å². The van der Waals surface area contributed by atoms with Crippen molar-refractivity contribution in [2.75, 3.05) is 4.90 Å². The molecule has 0 saturated heterocycles. The van der Waals surface area contributed by atoms with Gasteiger partial charge in [0.05, 0.1) is 6.21 Å². The molecule has 0 atom stereocenters. The van der Waals surface area contributed by atoms with Gasteiger partial charge in [0.15, 0.2) is 0 Å². The quantitative estimate of drug-likeness (QED) is 0.248. The molecule has 0 aliphatic heterocycles. The van der Waals surface area contributed by atoms with Crippen molar-refractivity contribution in [3.05, 3.63) is 124 Å². The van der Waals surface area contributed by atoms with Crippen LogP contribution >= 0.6 is 11.6 Å². The lowest BCUT2D eigenvalue weighted by atomic mass is 10.1. The average molecular weight is 454 g/mol. The van der Waals surface area contributed by atoms with E-state index in [1.807, 2.05) is 24.3 Å². The van der Waals surface area contributed by atoms with Crippen LogP contribution in [0.2, 0.25) is 5.02 Å². The molecule has 0 heterocycles. The average Bonchev–Trinajstić information content (AvgIpc) is 2.83. The summed E-state index contributed by atoms with van der Waals surface area (Å²) in [6.45, 7) is 4.17. The zero-order chi connectivity index (χ0) is 23.2. The van der Waals surface area contributed by atoms with Gasteiger partial charge in [0, 0.05) is 27.6 Å². The number of carbonyl (C=O) groups is 1. The minimum atomic E-state index is -0.288. The van der Waals surface area contributed by atoms with Crippen LogP contribution in [0.15, 0.2) is 102 Å². The van der Waals surface area contributed by atoms with Gasteiger partial charge in [-0.3, -0.25) is 4.79 Å². The highest BCUT2D eigenvalue weighted by atomic mass is 35.5. The van der Waals surface area contributed by atoms with E-state index < -0.39 is 0 Å². The number of aryl methyl sites for hydroxylation is 2. The van der Waals surface area contributed by atoms with E-state index in [1.54, 1.807) is 30.5 Å². The van der Waals surface area contributed by atoms with Crippen molar-refractivity contribution >= 4 is 40.8 Å². The molecular formula is C28H24ClN3O. The Morgan fingerprint density at radius 3 is 1.67 bits per heavy atom. The monoisotopic (exact) mass is 453 g/mol. The molecule has 0 unspecified atom stereocenters. The number of anilines is 3. The Morgan fingerprint density at radius 2 is 1.18 bits per heavy atom. The van der Waals surface area contributed by atoms with Crippen LogP contribution < -0.4 is 10.3 Å². The maximum absolute atomic E-state index is 12.2. The van der Waals surface area contributed by atoms with E-state index >= 15 is 0 Å². The third kappa shape index (κ3) is 5.68. The van der Waals surface area contributed by atoms with Gasteiger partial charge in [0.25, 0.3) is 5.91 Å². The van der Waals surface area contributed by atoms with Gasteiger partial charge >= 0.3 is 0 Å². The summed E-state index contributed by atoms with van der Waals surface area (Å²) in [6, 6.07) is 31.6. The molecule has 0 spiro atoms. The maximum atomic E-state index is 12.2. The van der Waals surface area contributed by atoms with E-state index in [0.717, 1.165) is 22.6 Å². The Balaban J connectivity index is 1.53. The van der Waals surface area contributed by atoms with Crippen LogP contribution in [-0.2, 0) is 0 Å². The molecule has 33 heavy (non-hydrogen) atoms. The van der Waals surface area contributed by atoms with Crippen molar-refractivity contribution in [1.29, 1.82) is 0 Å². The van der Waals surface area contributed by atoms with E-state index in [9.17, 15) is 4.79 Å². The highest BCUT2D eigenvalue weighted by Crippen LogP contribution is 2.34. The second-order valence-electron chi connectivity index (χ2n) is 7.80. The molecule has 0 radical (unpaired) electrons. The standard InChI is InChI=1S/C28H24ClN3O/c1-20-3-13-25(14-4-20)32(26-15-5-21(2)6-16-26)27-17-7-22(8-18-27)19-30-31-28(33)23-9-11-24(29)12-10-23/h3-19H,1-2H3,(H,31,33)/b30-19+. The number of benzene rings is 4. The molecule has 1 amide bonds. The summed E-state index contributed by atoms with van der Waals surface area (Å²) in [7, 11) is 0. The van der Waals surface area contributed by atoms with Crippen LogP contribution in [0.3, 0.4) is 0 Å². The highest BCUT2D eigenvalue weighted by molar-refractivity contribution is 6.30. The lowest BCUT2D eigenvalue weighted by Crippen LogP contribution is -2.17. The summed E-state index contributed by atoms with van der Waals surface area (Å²) in [5.74, 6) is -0.288. The Labute approximate surface area is 199 Å². The Hall–Kier alpha value is -3.89. The third-order valence-electron chi connectivity index (χ3n) is 5.22. The van der Waals surface area contributed by atoms with Gasteiger partial charge in [-0.05, 0) is 80.1 Å². The Bertz CT molecular complexity index is 1200. The van der Waals surface area contributed by atoms with Crippen molar-refractivity contribution in [2.24, 2.45) is 5.10 Å². The number of nitrogens with one attached hydrogen (secondary N) is 1. The van der Waals surface area contributed by atoms with Gasteiger partial charge in [-0.15, -0.1) is 0 Å². The number of halogens is 1. The first-order valence-corrected chi connectivity index (χ1v) is 11.0. The number of hydrazone groups is 1. The summed E-state index contributed by atoms with van der Waals surface area (Å²) in [5, 5.41) is 4.66. The van der Waals surface area contributed by atoms with Crippen LogP contribution in [0.5, 0.6) is 0 Å². The first-order chi connectivity index (χ1) is 16.0. The minimum absolute atomic E-state index is 0.288. The van der Waals surface area contributed by atoms with Crippen LogP contribution in [-0.4, -0.2) is 12.1 Å². The van der Waals surface area contributed by atoms with Gasteiger partial charge in [-0.2, -0.15) is 5.10 Å². The molecule has 1 N–H and O–H groups in total. The first kappa shape index (κ1) is 22.3. The van der Waals surface area contributed by atoms with Crippen molar-refractivity contribution in [3.8, 4) is 0 Å². The second-order valence-corrected chi connectivity index (χ2v) is 8.24. The lowest BCUT2D eigenvalue weighted by Gasteiger charge is -2.25. The number of rotatable bonds is 6. The summed E-state index contributed by atoms with van der Waals surface area (Å²) in [5.41, 5.74) is 9.56. The second kappa shape index (κ2) is 10.2. The number of amides is 1. The van der Waals surface area contributed by atoms with E-state index in [4.69, 9.17) is 11.6 Å². The lowest BCUT2D eigenvalue weighted by molar-refractivity contribution is 0.0955. The molecule has 0 saturated carbocycles.